The maximum Gasteiger partial charge on any atom is 0.244 e. The Morgan fingerprint density at radius 3 is 1.53 bits per heavy atom. The molecule has 0 amide bonds. The van der Waals surface area contributed by atoms with Crippen molar-refractivity contribution in [2.75, 3.05) is 14.2 Å². The number of nitrogens with one attached hydrogen (secondary N) is 1. The van der Waals surface area contributed by atoms with Gasteiger partial charge in [0.05, 0.1) is 14.2 Å². The van der Waals surface area contributed by atoms with Crippen molar-refractivity contribution in [3.8, 4) is 23.0 Å². The summed E-state index contributed by atoms with van der Waals surface area (Å²) in [5, 5.41) is 48.7. The van der Waals surface area contributed by atoms with E-state index in [1.165, 1.54) is 52.3 Å². The number of nitro groups is 2. The van der Waals surface area contributed by atoms with Crippen molar-refractivity contribution in [3.63, 3.8) is 0 Å². The molecule has 0 unspecified atom stereocenters. The molecule has 2 aromatic rings. The Bertz CT molecular complexity index is 962. The summed E-state index contributed by atoms with van der Waals surface area (Å²) in [6.45, 7) is 2.90. The first-order chi connectivity index (χ1) is 15.1. The SMILES string of the molecule is COc1cccc([C@@H]2N[C@@H](c3cccc(OC)c3O)[C@@H]([N+](=O)[O-])C(C)(C)[C@@H]2[N+](=O)[O-])c1O. The highest BCUT2D eigenvalue weighted by atomic mass is 16.6. The number of para-hydroxylation sites is 2. The van der Waals surface area contributed by atoms with Gasteiger partial charge in [-0.1, -0.05) is 24.3 Å². The Labute approximate surface area is 183 Å². The van der Waals surface area contributed by atoms with Gasteiger partial charge in [0.15, 0.2) is 23.0 Å². The summed E-state index contributed by atoms with van der Waals surface area (Å²) in [5.41, 5.74) is -1.17. The average Bonchev–Trinajstić information content (AvgIpc) is 2.72. The number of piperidine rings is 1. The number of methoxy groups -OCH3 is 2. The molecule has 11 nitrogen and oxygen atoms in total. The van der Waals surface area contributed by atoms with Gasteiger partial charge in [-0.15, -0.1) is 0 Å². The van der Waals surface area contributed by atoms with Crippen LogP contribution in [-0.2, 0) is 0 Å². The first-order valence-electron chi connectivity index (χ1n) is 9.81. The van der Waals surface area contributed by atoms with Gasteiger partial charge >= 0.3 is 0 Å². The summed E-state index contributed by atoms with van der Waals surface area (Å²) >= 11 is 0. The summed E-state index contributed by atoms with van der Waals surface area (Å²) in [6, 6.07) is 3.93. The number of phenols is 2. The molecule has 1 aliphatic rings. The minimum absolute atomic E-state index is 0.112. The second-order valence-electron chi connectivity index (χ2n) is 8.20. The van der Waals surface area contributed by atoms with Crippen LogP contribution in [0.3, 0.4) is 0 Å². The molecule has 1 heterocycles. The van der Waals surface area contributed by atoms with Crippen molar-refractivity contribution in [3.05, 3.63) is 67.8 Å². The summed E-state index contributed by atoms with van der Waals surface area (Å²) in [7, 11) is 2.70. The number of nitrogens with zero attached hydrogens (tertiary/aromatic N) is 2. The molecule has 0 saturated carbocycles. The standard InChI is InChI=1S/C21H25N3O8/c1-21(2)19(23(27)28)15(11-7-5-9-13(31-3)17(11)25)22-16(20(21)24(29)30)12-8-6-10-14(32-4)18(12)26/h5-10,15-16,19-20,22,25-26H,1-4H3/t15-,16-,19+,20+/m0/s1. The van der Waals surface area contributed by atoms with E-state index in [0.29, 0.717) is 0 Å². The van der Waals surface area contributed by atoms with Gasteiger partial charge in [0, 0.05) is 21.0 Å². The minimum Gasteiger partial charge on any atom is -0.504 e. The molecule has 0 bridgehead atoms. The number of hydrogen-bond donors (Lipinski definition) is 3. The van der Waals surface area contributed by atoms with E-state index in [1.807, 2.05) is 0 Å². The zero-order valence-electron chi connectivity index (χ0n) is 18.0. The van der Waals surface area contributed by atoms with Crippen LogP contribution in [0.25, 0.3) is 0 Å². The smallest absolute Gasteiger partial charge is 0.244 e. The van der Waals surface area contributed by atoms with E-state index in [4.69, 9.17) is 9.47 Å². The summed E-state index contributed by atoms with van der Waals surface area (Å²) in [4.78, 5) is 23.2. The van der Waals surface area contributed by atoms with Crippen LogP contribution in [0.15, 0.2) is 36.4 Å². The summed E-state index contributed by atoms with van der Waals surface area (Å²) < 4.78 is 10.3. The van der Waals surface area contributed by atoms with E-state index in [1.54, 1.807) is 12.1 Å². The van der Waals surface area contributed by atoms with Crippen molar-refractivity contribution in [2.24, 2.45) is 5.41 Å². The predicted molar refractivity (Wildman–Crippen MR) is 113 cm³/mol. The van der Waals surface area contributed by atoms with Gasteiger partial charge in [-0.3, -0.25) is 25.5 Å². The van der Waals surface area contributed by atoms with Crippen LogP contribution in [0.2, 0.25) is 0 Å². The van der Waals surface area contributed by atoms with Gasteiger partial charge in [0.25, 0.3) is 0 Å². The van der Waals surface area contributed by atoms with E-state index in [9.17, 15) is 30.4 Å². The van der Waals surface area contributed by atoms with Crippen molar-refractivity contribution in [1.82, 2.24) is 5.32 Å². The largest absolute Gasteiger partial charge is 0.504 e. The van der Waals surface area contributed by atoms with Crippen LogP contribution < -0.4 is 14.8 Å². The third kappa shape index (κ3) is 3.64. The summed E-state index contributed by atoms with van der Waals surface area (Å²) in [5.74, 6) is -0.380. The average molecular weight is 447 g/mol. The molecule has 2 aromatic carbocycles. The van der Waals surface area contributed by atoms with Gasteiger partial charge in [0.2, 0.25) is 12.1 Å². The van der Waals surface area contributed by atoms with Gasteiger partial charge in [-0.25, -0.2) is 0 Å². The van der Waals surface area contributed by atoms with E-state index >= 15 is 0 Å². The molecule has 4 atom stereocenters. The van der Waals surface area contributed by atoms with Crippen LogP contribution in [0, 0.1) is 25.6 Å². The van der Waals surface area contributed by atoms with Gasteiger partial charge < -0.3 is 19.7 Å². The molecule has 3 N–H and O–H groups in total. The first-order valence-corrected chi connectivity index (χ1v) is 9.81. The Morgan fingerprint density at radius 1 is 0.844 bits per heavy atom. The number of phenolic OH excluding ortho intramolecular Hbond substituents is 2. The molecule has 1 fully saturated rings. The van der Waals surface area contributed by atoms with Crippen molar-refractivity contribution >= 4 is 0 Å². The fourth-order valence-corrected chi connectivity index (χ4v) is 4.63. The third-order valence-corrected chi connectivity index (χ3v) is 6.14. The Balaban J connectivity index is 2.25. The lowest BCUT2D eigenvalue weighted by Gasteiger charge is -2.44. The number of hydrogen-bond acceptors (Lipinski definition) is 9. The minimum atomic E-state index is -1.49. The van der Waals surface area contributed by atoms with E-state index < -0.39 is 39.4 Å². The lowest BCUT2D eigenvalue weighted by atomic mass is 9.66. The highest BCUT2D eigenvalue weighted by Crippen LogP contribution is 2.50. The predicted octanol–water partition coefficient (Wildman–Crippen LogP) is 2.82. The highest BCUT2D eigenvalue weighted by Gasteiger charge is 2.63. The molecule has 0 spiro atoms. The lowest BCUT2D eigenvalue weighted by molar-refractivity contribution is -0.605. The number of benzene rings is 2. The van der Waals surface area contributed by atoms with Crippen molar-refractivity contribution in [2.45, 2.75) is 38.0 Å². The Kier molecular flexibility index (Phi) is 6.13. The Morgan fingerprint density at radius 2 is 1.22 bits per heavy atom. The lowest BCUT2D eigenvalue weighted by Crippen LogP contribution is -2.63. The van der Waals surface area contributed by atoms with Crippen LogP contribution >= 0.6 is 0 Å². The first kappa shape index (κ1) is 23.1. The van der Waals surface area contributed by atoms with Crippen molar-refractivity contribution < 1.29 is 29.5 Å². The quantitative estimate of drug-likeness (QED) is 0.447. The molecule has 0 aliphatic carbocycles. The number of aromatic hydroxyl groups is 2. The molecule has 0 radical (unpaired) electrons. The monoisotopic (exact) mass is 447 g/mol. The molecule has 32 heavy (non-hydrogen) atoms. The van der Waals surface area contributed by atoms with Crippen LogP contribution in [0.1, 0.15) is 37.1 Å². The normalized spacial score (nSPS) is 24.5. The number of ether oxygens (including phenoxy) is 2. The second kappa shape index (κ2) is 8.50. The molecule has 11 heteroatoms. The maximum absolute atomic E-state index is 12.2. The van der Waals surface area contributed by atoms with E-state index in [0.717, 1.165) is 0 Å². The van der Waals surface area contributed by atoms with Crippen LogP contribution in [-0.4, -0.2) is 46.4 Å². The van der Waals surface area contributed by atoms with E-state index in [-0.39, 0.29) is 34.1 Å². The molecular formula is C21H25N3O8. The zero-order valence-corrected chi connectivity index (χ0v) is 18.0. The van der Waals surface area contributed by atoms with E-state index in [2.05, 4.69) is 5.32 Å². The zero-order chi connectivity index (χ0) is 23.8. The van der Waals surface area contributed by atoms with Gasteiger partial charge in [0.1, 0.15) is 17.5 Å². The fraction of sp³-hybridized carbons (Fsp3) is 0.429. The molecule has 3 rings (SSSR count). The molecule has 1 saturated heterocycles. The second-order valence-corrected chi connectivity index (χ2v) is 8.20. The molecule has 0 aromatic heterocycles. The third-order valence-electron chi connectivity index (χ3n) is 6.14. The Hall–Kier alpha value is -3.60. The van der Waals surface area contributed by atoms with Gasteiger partial charge in [-0.2, -0.15) is 0 Å². The number of rotatable bonds is 6. The molecular weight excluding hydrogens is 422 g/mol. The molecule has 172 valence electrons. The fourth-order valence-electron chi connectivity index (χ4n) is 4.63. The molecule has 1 aliphatic heterocycles. The maximum atomic E-state index is 12.2. The summed E-state index contributed by atoms with van der Waals surface area (Å²) in [6.07, 6.45) is 0. The van der Waals surface area contributed by atoms with Crippen LogP contribution in [0.4, 0.5) is 0 Å². The topological polar surface area (TPSA) is 157 Å². The van der Waals surface area contributed by atoms with Gasteiger partial charge in [-0.05, 0) is 26.0 Å². The van der Waals surface area contributed by atoms with Crippen molar-refractivity contribution in [1.29, 1.82) is 0 Å². The van der Waals surface area contributed by atoms with Crippen LogP contribution in [0.5, 0.6) is 23.0 Å². The highest BCUT2D eigenvalue weighted by molar-refractivity contribution is 5.50.